The van der Waals surface area contributed by atoms with Crippen LogP contribution in [0.4, 0.5) is 0 Å². The number of hydrogen-bond donors (Lipinski definition) is 1. The van der Waals surface area contributed by atoms with E-state index in [-0.39, 0.29) is 0 Å². The van der Waals surface area contributed by atoms with Gasteiger partial charge >= 0.3 is 0 Å². The second-order valence-electron chi connectivity index (χ2n) is 5.94. The number of nitrogens with zero attached hydrogens (tertiary/aromatic N) is 1. The van der Waals surface area contributed by atoms with Gasteiger partial charge in [0.15, 0.2) is 0 Å². The zero-order valence-electron chi connectivity index (χ0n) is 12.8. The number of aryl methyl sites for hydroxylation is 1. The lowest BCUT2D eigenvalue weighted by atomic mass is 9.90. The molecule has 3 rings (SSSR count). The lowest BCUT2D eigenvalue weighted by molar-refractivity contribution is 0.168. The van der Waals surface area contributed by atoms with Crippen molar-refractivity contribution in [3.05, 3.63) is 70.8 Å². The summed E-state index contributed by atoms with van der Waals surface area (Å²) in [5, 5.41) is 0. The monoisotopic (exact) mass is 280 g/mol. The molecule has 0 saturated carbocycles. The molecular formula is C19H24N2. The zero-order valence-corrected chi connectivity index (χ0v) is 12.8. The Balaban J connectivity index is 1.87. The largest absolute Gasteiger partial charge is 0.330 e. The minimum absolute atomic E-state index is 0.458. The number of rotatable bonds is 4. The Morgan fingerprint density at radius 1 is 1.10 bits per heavy atom. The van der Waals surface area contributed by atoms with Crippen LogP contribution in [0.25, 0.3) is 0 Å². The summed E-state index contributed by atoms with van der Waals surface area (Å²) in [5.41, 5.74) is 11.7. The smallest absolute Gasteiger partial charge is 0.0366 e. The summed E-state index contributed by atoms with van der Waals surface area (Å²) in [5.74, 6) is 0. The van der Waals surface area contributed by atoms with E-state index in [0.717, 1.165) is 32.5 Å². The van der Waals surface area contributed by atoms with E-state index in [1.165, 1.54) is 22.3 Å². The van der Waals surface area contributed by atoms with Gasteiger partial charge in [-0.15, -0.1) is 0 Å². The number of hydrogen-bond acceptors (Lipinski definition) is 2. The molecule has 2 aromatic rings. The van der Waals surface area contributed by atoms with Gasteiger partial charge in [0.25, 0.3) is 0 Å². The molecule has 1 atom stereocenters. The van der Waals surface area contributed by atoms with E-state index in [1.807, 2.05) is 0 Å². The molecule has 2 heteroatoms. The van der Waals surface area contributed by atoms with Crippen LogP contribution in [-0.2, 0) is 13.0 Å². The molecule has 110 valence electrons. The van der Waals surface area contributed by atoms with E-state index in [2.05, 4.69) is 60.4 Å². The van der Waals surface area contributed by atoms with E-state index in [1.54, 1.807) is 0 Å². The quantitative estimate of drug-likeness (QED) is 0.929. The Bertz CT molecular complexity index is 606. The third-order valence-electron chi connectivity index (χ3n) is 4.60. The van der Waals surface area contributed by atoms with Gasteiger partial charge in [0, 0.05) is 19.1 Å². The molecule has 1 aliphatic heterocycles. The van der Waals surface area contributed by atoms with Crippen LogP contribution in [0.2, 0.25) is 0 Å². The molecule has 0 radical (unpaired) electrons. The SMILES string of the molecule is Cc1ccccc1CN1CCc2ccccc2C1CCN. The van der Waals surface area contributed by atoms with Crippen LogP contribution < -0.4 is 5.73 Å². The summed E-state index contributed by atoms with van der Waals surface area (Å²) < 4.78 is 0. The van der Waals surface area contributed by atoms with Crippen molar-refractivity contribution in [3.63, 3.8) is 0 Å². The summed E-state index contributed by atoms with van der Waals surface area (Å²) in [7, 11) is 0. The first kappa shape index (κ1) is 14.3. The van der Waals surface area contributed by atoms with Crippen molar-refractivity contribution >= 4 is 0 Å². The van der Waals surface area contributed by atoms with Gasteiger partial charge in [-0.25, -0.2) is 0 Å². The second kappa shape index (κ2) is 6.42. The maximum atomic E-state index is 5.88. The normalized spacial score (nSPS) is 18.5. The highest BCUT2D eigenvalue weighted by Crippen LogP contribution is 2.33. The third-order valence-corrected chi connectivity index (χ3v) is 4.60. The highest BCUT2D eigenvalue weighted by Gasteiger charge is 2.26. The van der Waals surface area contributed by atoms with Crippen LogP contribution in [0.5, 0.6) is 0 Å². The zero-order chi connectivity index (χ0) is 14.7. The molecule has 0 fully saturated rings. The molecule has 0 saturated heterocycles. The van der Waals surface area contributed by atoms with Crippen LogP contribution in [-0.4, -0.2) is 18.0 Å². The molecule has 0 spiro atoms. The fraction of sp³-hybridized carbons (Fsp3) is 0.368. The van der Waals surface area contributed by atoms with Crippen LogP contribution >= 0.6 is 0 Å². The van der Waals surface area contributed by atoms with Crippen molar-refractivity contribution in [2.75, 3.05) is 13.1 Å². The standard InChI is InChI=1S/C19H24N2/c1-15-6-2-3-8-17(15)14-21-13-11-16-7-4-5-9-18(16)19(21)10-12-20/h2-9,19H,10-14,20H2,1H3. The van der Waals surface area contributed by atoms with Crippen molar-refractivity contribution in [2.45, 2.75) is 32.4 Å². The summed E-state index contributed by atoms with van der Waals surface area (Å²) >= 11 is 0. The summed E-state index contributed by atoms with van der Waals surface area (Å²) in [6.45, 7) is 5.08. The second-order valence-corrected chi connectivity index (χ2v) is 5.94. The minimum Gasteiger partial charge on any atom is -0.330 e. The van der Waals surface area contributed by atoms with E-state index in [9.17, 15) is 0 Å². The molecule has 21 heavy (non-hydrogen) atoms. The van der Waals surface area contributed by atoms with Crippen molar-refractivity contribution in [1.29, 1.82) is 0 Å². The maximum Gasteiger partial charge on any atom is 0.0366 e. The summed E-state index contributed by atoms with van der Waals surface area (Å²) in [4.78, 5) is 2.59. The molecule has 0 aromatic heterocycles. The van der Waals surface area contributed by atoms with E-state index >= 15 is 0 Å². The Morgan fingerprint density at radius 3 is 2.67 bits per heavy atom. The van der Waals surface area contributed by atoms with Crippen molar-refractivity contribution in [2.24, 2.45) is 5.73 Å². The average molecular weight is 280 g/mol. The van der Waals surface area contributed by atoms with Gasteiger partial charge < -0.3 is 5.73 Å². The van der Waals surface area contributed by atoms with Crippen LogP contribution in [0.3, 0.4) is 0 Å². The van der Waals surface area contributed by atoms with Gasteiger partial charge in [-0.3, -0.25) is 4.90 Å². The van der Waals surface area contributed by atoms with Crippen LogP contribution in [0, 0.1) is 6.92 Å². The van der Waals surface area contributed by atoms with Gasteiger partial charge in [-0.2, -0.15) is 0 Å². The predicted molar refractivity (Wildman–Crippen MR) is 88.1 cm³/mol. The molecule has 2 aromatic carbocycles. The Labute approximate surface area is 127 Å². The van der Waals surface area contributed by atoms with Crippen molar-refractivity contribution in [3.8, 4) is 0 Å². The first-order chi connectivity index (χ1) is 10.3. The number of fused-ring (bicyclic) bond motifs is 1. The summed E-state index contributed by atoms with van der Waals surface area (Å²) in [6, 6.07) is 18.0. The molecule has 2 nitrogen and oxygen atoms in total. The maximum absolute atomic E-state index is 5.88. The first-order valence-electron chi connectivity index (χ1n) is 7.86. The number of benzene rings is 2. The highest BCUT2D eigenvalue weighted by atomic mass is 15.2. The van der Waals surface area contributed by atoms with E-state index in [4.69, 9.17) is 5.73 Å². The molecule has 0 amide bonds. The van der Waals surface area contributed by atoms with E-state index in [0.29, 0.717) is 6.04 Å². The molecule has 1 aliphatic rings. The Hall–Kier alpha value is -1.64. The first-order valence-corrected chi connectivity index (χ1v) is 7.86. The fourth-order valence-electron chi connectivity index (χ4n) is 3.40. The van der Waals surface area contributed by atoms with Gasteiger partial charge in [0.2, 0.25) is 0 Å². The van der Waals surface area contributed by atoms with Crippen molar-refractivity contribution in [1.82, 2.24) is 4.90 Å². The van der Waals surface area contributed by atoms with Gasteiger partial charge in [-0.05, 0) is 48.6 Å². The lowest BCUT2D eigenvalue weighted by Crippen LogP contribution is -2.36. The Morgan fingerprint density at radius 2 is 1.86 bits per heavy atom. The van der Waals surface area contributed by atoms with Gasteiger partial charge in [0.05, 0.1) is 0 Å². The third kappa shape index (κ3) is 3.02. The minimum atomic E-state index is 0.458. The van der Waals surface area contributed by atoms with Crippen LogP contribution in [0.1, 0.15) is 34.7 Å². The topological polar surface area (TPSA) is 29.3 Å². The van der Waals surface area contributed by atoms with Gasteiger partial charge in [-0.1, -0.05) is 48.5 Å². The Kier molecular flexibility index (Phi) is 4.37. The fourth-order valence-corrected chi connectivity index (χ4v) is 3.40. The molecular weight excluding hydrogens is 256 g/mol. The van der Waals surface area contributed by atoms with Crippen LogP contribution in [0.15, 0.2) is 48.5 Å². The molecule has 2 N–H and O–H groups in total. The van der Waals surface area contributed by atoms with Crippen molar-refractivity contribution < 1.29 is 0 Å². The van der Waals surface area contributed by atoms with Gasteiger partial charge in [0.1, 0.15) is 0 Å². The molecule has 0 aliphatic carbocycles. The predicted octanol–water partition coefficient (Wildman–Crippen LogP) is 3.44. The average Bonchev–Trinajstić information content (AvgIpc) is 2.52. The molecule has 1 unspecified atom stereocenters. The van der Waals surface area contributed by atoms with E-state index < -0.39 is 0 Å². The number of nitrogens with two attached hydrogens (primary N) is 1. The molecule has 1 heterocycles. The highest BCUT2D eigenvalue weighted by molar-refractivity contribution is 5.33. The molecule has 0 bridgehead atoms. The lowest BCUT2D eigenvalue weighted by Gasteiger charge is -2.37. The summed E-state index contributed by atoms with van der Waals surface area (Å²) in [6.07, 6.45) is 2.17.